The van der Waals surface area contributed by atoms with E-state index in [9.17, 15) is 4.79 Å². The Morgan fingerprint density at radius 1 is 0.848 bits per heavy atom. The molecule has 1 aliphatic heterocycles. The van der Waals surface area contributed by atoms with Crippen LogP contribution in [0.5, 0.6) is 0 Å². The molecule has 5 heteroatoms. The molecular formula is C28H24N2OS2. The second-order valence-electron chi connectivity index (χ2n) is 7.91. The zero-order valence-electron chi connectivity index (χ0n) is 18.1. The molecule has 1 saturated heterocycles. The molecule has 164 valence electrons. The van der Waals surface area contributed by atoms with Crippen molar-refractivity contribution in [2.45, 2.75) is 11.2 Å². The molecule has 1 aliphatic rings. The first-order valence-corrected chi connectivity index (χ1v) is 12.8. The van der Waals surface area contributed by atoms with E-state index in [0.717, 1.165) is 24.4 Å². The van der Waals surface area contributed by atoms with E-state index in [1.54, 1.807) is 17.3 Å². The van der Waals surface area contributed by atoms with E-state index in [2.05, 4.69) is 101 Å². The van der Waals surface area contributed by atoms with Gasteiger partial charge in [0.2, 0.25) is 0 Å². The van der Waals surface area contributed by atoms with Gasteiger partial charge in [0.05, 0.1) is 15.1 Å². The van der Waals surface area contributed by atoms with Crippen molar-refractivity contribution in [3.8, 4) is 0 Å². The summed E-state index contributed by atoms with van der Waals surface area (Å²) in [6.45, 7) is 1.65. The quantitative estimate of drug-likeness (QED) is 0.284. The molecule has 0 spiro atoms. The normalized spacial score (nSPS) is 13.8. The van der Waals surface area contributed by atoms with Gasteiger partial charge in [-0.3, -0.25) is 4.79 Å². The molecule has 3 aromatic carbocycles. The van der Waals surface area contributed by atoms with Crippen LogP contribution in [0.2, 0.25) is 0 Å². The Labute approximate surface area is 202 Å². The topological polar surface area (TPSA) is 33.2 Å². The van der Waals surface area contributed by atoms with Crippen LogP contribution in [0.1, 0.15) is 38.5 Å². The summed E-state index contributed by atoms with van der Waals surface area (Å²) in [5.74, 6) is 0.0348. The molecule has 0 atom stereocenters. The van der Waals surface area contributed by atoms with E-state index in [1.165, 1.54) is 28.0 Å². The highest BCUT2D eigenvalue weighted by Crippen LogP contribution is 2.49. The number of carbonyl (C=O) groups excluding carboxylic acids is 1. The SMILES string of the molecule is O=C(c1ncsc1/C=C\SC(c1ccccc1)(c1ccccc1)c1ccccc1)N1CCC1. The molecule has 1 fully saturated rings. The zero-order valence-corrected chi connectivity index (χ0v) is 19.8. The molecule has 5 rings (SSSR count). The van der Waals surface area contributed by atoms with Crippen LogP contribution in [0, 0.1) is 0 Å². The van der Waals surface area contributed by atoms with Crippen LogP contribution in [-0.2, 0) is 4.75 Å². The summed E-state index contributed by atoms with van der Waals surface area (Å²) < 4.78 is -0.424. The molecule has 1 amide bonds. The summed E-state index contributed by atoms with van der Waals surface area (Å²) in [6.07, 6.45) is 3.11. The van der Waals surface area contributed by atoms with Gasteiger partial charge in [-0.05, 0) is 34.6 Å². The van der Waals surface area contributed by atoms with Crippen molar-refractivity contribution >= 4 is 35.1 Å². The van der Waals surface area contributed by atoms with Crippen molar-refractivity contribution in [3.05, 3.63) is 129 Å². The summed E-state index contributed by atoms with van der Waals surface area (Å²) in [6, 6.07) is 31.8. The smallest absolute Gasteiger partial charge is 0.273 e. The predicted octanol–water partition coefficient (Wildman–Crippen LogP) is 6.69. The third-order valence-corrected chi connectivity index (χ3v) is 8.07. The van der Waals surface area contributed by atoms with Crippen molar-refractivity contribution in [1.29, 1.82) is 0 Å². The molecule has 2 heterocycles. The Hall–Kier alpha value is -3.15. The van der Waals surface area contributed by atoms with Crippen LogP contribution in [0.3, 0.4) is 0 Å². The molecule has 0 N–H and O–H groups in total. The van der Waals surface area contributed by atoms with Crippen LogP contribution < -0.4 is 0 Å². The third-order valence-electron chi connectivity index (χ3n) is 5.95. The van der Waals surface area contributed by atoms with E-state index in [1.807, 2.05) is 11.0 Å². The van der Waals surface area contributed by atoms with Crippen LogP contribution >= 0.6 is 23.1 Å². The number of benzene rings is 3. The van der Waals surface area contributed by atoms with Crippen LogP contribution in [-0.4, -0.2) is 28.9 Å². The van der Waals surface area contributed by atoms with E-state index in [-0.39, 0.29) is 5.91 Å². The first-order chi connectivity index (χ1) is 16.3. The lowest BCUT2D eigenvalue weighted by Crippen LogP contribution is -2.42. The van der Waals surface area contributed by atoms with Crippen molar-refractivity contribution in [2.24, 2.45) is 0 Å². The molecule has 33 heavy (non-hydrogen) atoms. The summed E-state index contributed by atoms with van der Waals surface area (Å²) >= 11 is 3.26. The lowest BCUT2D eigenvalue weighted by molar-refractivity contribution is 0.0646. The van der Waals surface area contributed by atoms with Crippen LogP contribution in [0.15, 0.2) is 102 Å². The number of hydrogen-bond acceptors (Lipinski definition) is 4. The Kier molecular flexibility index (Phi) is 6.42. The molecule has 0 saturated carbocycles. The average Bonchev–Trinajstić information content (AvgIpc) is 3.31. The van der Waals surface area contributed by atoms with Gasteiger partial charge in [0.15, 0.2) is 0 Å². The van der Waals surface area contributed by atoms with E-state index >= 15 is 0 Å². The second kappa shape index (κ2) is 9.77. The van der Waals surface area contributed by atoms with E-state index < -0.39 is 4.75 Å². The number of rotatable bonds is 7. The summed E-state index contributed by atoms with van der Waals surface area (Å²) in [4.78, 5) is 19.9. The van der Waals surface area contributed by atoms with Gasteiger partial charge < -0.3 is 4.90 Å². The minimum absolute atomic E-state index is 0.0348. The fraction of sp³-hybridized carbons (Fsp3) is 0.143. The highest BCUT2D eigenvalue weighted by molar-refractivity contribution is 8.03. The number of nitrogens with zero attached hydrogens (tertiary/aromatic N) is 2. The molecule has 3 nitrogen and oxygen atoms in total. The highest BCUT2D eigenvalue weighted by Gasteiger charge is 2.36. The first kappa shape index (κ1) is 21.7. The van der Waals surface area contributed by atoms with Crippen molar-refractivity contribution in [1.82, 2.24) is 9.88 Å². The predicted molar refractivity (Wildman–Crippen MR) is 138 cm³/mol. The lowest BCUT2D eigenvalue weighted by Gasteiger charge is -2.34. The summed E-state index contributed by atoms with van der Waals surface area (Å²) in [7, 11) is 0. The number of hydrogen-bond donors (Lipinski definition) is 0. The minimum Gasteiger partial charge on any atom is -0.337 e. The molecule has 0 bridgehead atoms. The fourth-order valence-corrected chi connectivity index (χ4v) is 6.10. The maximum absolute atomic E-state index is 12.8. The van der Waals surface area contributed by atoms with Gasteiger partial charge in [0.1, 0.15) is 5.69 Å². The number of thiazole rings is 1. The minimum atomic E-state index is -0.424. The van der Waals surface area contributed by atoms with E-state index in [4.69, 9.17) is 0 Å². The molecule has 0 unspecified atom stereocenters. The Bertz CT molecular complexity index is 1140. The number of amides is 1. The molecule has 0 aliphatic carbocycles. The Balaban J connectivity index is 1.56. The molecular weight excluding hydrogens is 444 g/mol. The van der Waals surface area contributed by atoms with Gasteiger partial charge >= 0.3 is 0 Å². The van der Waals surface area contributed by atoms with Gasteiger partial charge in [0.25, 0.3) is 5.91 Å². The Morgan fingerprint density at radius 3 is 1.82 bits per heavy atom. The van der Waals surface area contributed by atoms with Crippen LogP contribution in [0.25, 0.3) is 6.08 Å². The maximum atomic E-state index is 12.8. The largest absolute Gasteiger partial charge is 0.337 e. The standard InChI is InChI=1S/C28H24N2OS2/c31-27(30-18-10-19-30)26-25(32-21-29-26)17-20-33-28(22-11-4-1-5-12-22,23-13-6-2-7-14-23)24-15-8-3-9-16-24/h1-9,11-17,20-21H,10,18-19H2/b20-17-. The molecule has 4 aromatic rings. The van der Waals surface area contributed by atoms with Gasteiger partial charge in [-0.15, -0.1) is 23.1 Å². The number of thioether (sulfide) groups is 1. The zero-order chi connectivity index (χ0) is 22.5. The van der Waals surface area contributed by atoms with Crippen molar-refractivity contribution in [3.63, 3.8) is 0 Å². The van der Waals surface area contributed by atoms with E-state index in [0.29, 0.717) is 5.69 Å². The molecule has 1 aromatic heterocycles. The van der Waals surface area contributed by atoms with Gasteiger partial charge in [-0.2, -0.15) is 0 Å². The van der Waals surface area contributed by atoms with Crippen LogP contribution in [0.4, 0.5) is 0 Å². The second-order valence-corrected chi connectivity index (χ2v) is 9.92. The average molecular weight is 469 g/mol. The summed E-state index contributed by atoms with van der Waals surface area (Å²) in [5.41, 5.74) is 5.94. The van der Waals surface area contributed by atoms with Gasteiger partial charge in [-0.25, -0.2) is 4.98 Å². The lowest BCUT2D eigenvalue weighted by atomic mass is 9.84. The third kappa shape index (κ3) is 4.26. The maximum Gasteiger partial charge on any atom is 0.273 e. The number of likely N-dealkylation sites (tertiary alicyclic amines) is 1. The number of aromatic nitrogens is 1. The van der Waals surface area contributed by atoms with Crippen molar-refractivity contribution < 1.29 is 4.79 Å². The first-order valence-electron chi connectivity index (χ1n) is 11.0. The molecule has 0 radical (unpaired) electrons. The monoisotopic (exact) mass is 468 g/mol. The Morgan fingerprint density at radius 2 is 1.36 bits per heavy atom. The highest BCUT2D eigenvalue weighted by atomic mass is 32.2. The van der Waals surface area contributed by atoms with Gasteiger partial charge in [-0.1, -0.05) is 91.0 Å². The number of carbonyl (C=O) groups is 1. The fourth-order valence-electron chi connectivity index (χ4n) is 4.12. The van der Waals surface area contributed by atoms with Crippen molar-refractivity contribution in [2.75, 3.05) is 13.1 Å². The summed E-state index contributed by atoms with van der Waals surface area (Å²) in [5, 5.41) is 2.12. The van der Waals surface area contributed by atoms with Gasteiger partial charge in [0, 0.05) is 13.1 Å².